The van der Waals surface area contributed by atoms with Crippen LogP contribution in [0.5, 0.6) is 5.75 Å². The number of anilines is 1. The molecular weight excluding hydrogens is 707 g/mol. The van der Waals surface area contributed by atoms with Crippen LogP contribution in [0.15, 0.2) is 103 Å². The molecule has 4 aromatic rings. The van der Waals surface area contributed by atoms with E-state index in [2.05, 4.69) is 17.2 Å². The molecule has 2 N–H and O–H groups in total. The molecule has 0 radical (unpaired) electrons. The summed E-state index contributed by atoms with van der Waals surface area (Å²) in [6.07, 6.45) is 6.14. The highest BCUT2D eigenvalue weighted by molar-refractivity contribution is 6.12. The van der Waals surface area contributed by atoms with Crippen molar-refractivity contribution < 1.29 is 33.8 Å². The molecule has 6 atom stereocenters. The summed E-state index contributed by atoms with van der Waals surface area (Å²) in [6, 6.07) is 29.7. The van der Waals surface area contributed by atoms with Crippen molar-refractivity contribution in [2.75, 3.05) is 32.7 Å². The minimum Gasteiger partial charge on any atom is -0.491 e. The number of carbonyl (C=O) groups excluding carboxylic acids is 3. The second-order valence-electron chi connectivity index (χ2n) is 15.1. The summed E-state index contributed by atoms with van der Waals surface area (Å²) in [5, 5.41) is 13.7. The maximum absolute atomic E-state index is 15.3. The lowest BCUT2D eigenvalue weighted by atomic mass is 9.65. The van der Waals surface area contributed by atoms with Gasteiger partial charge in [0.1, 0.15) is 29.9 Å². The van der Waals surface area contributed by atoms with Crippen molar-refractivity contribution in [2.45, 2.75) is 68.2 Å². The molecule has 8 rings (SSSR count). The SMILES string of the molecule is CON(C)C(=O)[C@H]1[C@@H]2C(=O)O[C@@H](c3ccccc3)[C@@H](c3ccccc3)N2[C@@H](c2ccc(OCCO)cc2)[C@]12C(=O)Nc1ccc(C#CCC3CCCCC3)cc12. The summed E-state index contributed by atoms with van der Waals surface area (Å²) in [6.45, 7) is -0.0355. The molecule has 0 aromatic heterocycles. The Hall–Kier alpha value is -5.47. The quantitative estimate of drug-likeness (QED) is 0.111. The van der Waals surface area contributed by atoms with Crippen LogP contribution in [-0.2, 0) is 29.4 Å². The Labute approximate surface area is 327 Å². The fourth-order valence-corrected chi connectivity index (χ4v) is 9.53. The fourth-order valence-electron chi connectivity index (χ4n) is 9.53. The van der Waals surface area contributed by atoms with Crippen molar-refractivity contribution in [3.8, 4) is 17.6 Å². The van der Waals surface area contributed by atoms with Crippen LogP contribution < -0.4 is 10.1 Å². The van der Waals surface area contributed by atoms with Crippen LogP contribution in [0.4, 0.5) is 5.69 Å². The molecule has 1 saturated carbocycles. The molecule has 288 valence electrons. The van der Waals surface area contributed by atoms with E-state index in [0.717, 1.165) is 28.2 Å². The number of rotatable bonds is 9. The third kappa shape index (κ3) is 6.53. The Morgan fingerprint density at radius 2 is 1.61 bits per heavy atom. The van der Waals surface area contributed by atoms with Gasteiger partial charge in [-0.3, -0.25) is 24.1 Å². The standard InChI is InChI=1S/C46H47N3O7/c1-48(54-2)43(51)38-40-44(52)56-41(33-19-10-5-11-20-33)39(32-17-8-4-9-18-32)49(40)42(34-22-24-35(25-23-34)55-28-27-50)46(38)36-29-31(21-26-37(36)47-45(46)53)16-12-15-30-13-6-3-7-14-30/h4-5,8-11,17-26,29-30,38-42,50H,3,6-7,13-15,27-28H2,1-2H3,(H,47,53)/t38-,39-,40-,41+,42+,46-/m1/s1. The van der Waals surface area contributed by atoms with E-state index in [0.29, 0.717) is 28.5 Å². The first-order chi connectivity index (χ1) is 27.4. The van der Waals surface area contributed by atoms with E-state index in [4.69, 9.17) is 14.3 Å². The van der Waals surface area contributed by atoms with E-state index in [1.54, 1.807) is 12.1 Å². The van der Waals surface area contributed by atoms with Crippen LogP contribution in [0, 0.1) is 23.7 Å². The highest BCUT2D eigenvalue weighted by atomic mass is 16.7. The third-order valence-electron chi connectivity index (χ3n) is 12.1. The van der Waals surface area contributed by atoms with Crippen molar-refractivity contribution in [3.05, 3.63) is 131 Å². The number of hydroxylamine groups is 2. The lowest BCUT2D eigenvalue weighted by molar-refractivity contribution is -0.187. The molecule has 0 unspecified atom stereocenters. The van der Waals surface area contributed by atoms with Gasteiger partial charge in [0.25, 0.3) is 5.91 Å². The van der Waals surface area contributed by atoms with E-state index >= 15 is 4.79 Å². The fraction of sp³-hybridized carbons (Fsp3) is 0.370. The van der Waals surface area contributed by atoms with Crippen LogP contribution in [0.3, 0.4) is 0 Å². The molecule has 3 fully saturated rings. The number of benzene rings is 4. The second kappa shape index (κ2) is 15.9. The number of cyclic esters (lactones) is 1. The number of aliphatic hydroxyl groups is 1. The average molecular weight is 754 g/mol. The Morgan fingerprint density at radius 3 is 2.29 bits per heavy atom. The minimum absolute atomic E-state index is 0.113. The highest BCUT2D eigenvalue weighted by Gasteiger charge is 2.74. The molecular formula is C46H47N3O7. The Kier molecular flexibility index (Phi) is 10.7. The van der Waals surface area contributed by atoms with Crippen molar-refractivity contribution in [3.63, 3.8) is 0 Å². The number of carbonyl (C=O) groups is 3. The van der Waals surface area contributed by atoms with Crippen molar-refractivity contribution >= 4 is 23.5 Å². The van der Waals surface area contributed by atoms with E-state index < -0.39 is 53.3 Å². The number of fused-ring (bicyclic) bond motifs is 3. The first kappa shape index (κ1) is 37.5. The molecule has 3 heterocycles. The lowest BCUT2D eigenvalue weighted by Crippen LogP contribution is -2.54. The largest absolute Gasteiger partial charge is 0.491 e. The van der Waals surface area contributed by atoms with Crippen LogP contribution >= 0.6 is 0 Å². The van der Waals surface area contributed by atoms with E-state index in [1.165, 1.54) is 46.3 Å². The Morgan fingerprint density at radius 1 is 0.911 bits per heavy atom. The molecule has 3 aliphatic heterocycles. The van der Waals surface area contributed by atoms with Gasteiger partial charge in [0.05, 0.1) is 31.7 Å². The third-order valence-corrected chi connectivity index (χ3v) is 12.1. The van der Waals surface area contributed by atoms with E-state index in [9.17, 15) is 14.7 Å². The number of nitrogens with zero attached hydrogens (tertiary/aromatic N) is 2. The first-order valence-electron chi connectivity index (χ1n) is 19.5. The van der Waals surface area contributed by atoms with Crippen LogP contribution in [-0.4, -0.2) is 66.3 Å². The summed E-state index contributed by atoms with van der Waals surface area (Å²) < 4.78 is 12.2. The van der Waals surface area contributed by atoms with Gasteiger partial charge in [-0.15, -0.1) is 0 Å². The Bertz CT molecular complexity index is 2130. The van der Waals surface area contributed by atoms with Crippen molar-refractivity contribution in [1.29, 1.82) is 0 Å². The van der Waals surface area contributed by atoms with Gasteiger partial charge in [0.15, 0.2) is 0 Å². The van der Waals surface area contributed by atoms with Crippen molar-refractivity contribution in [1.82, 2.24) is 9.96 Å². The molecule has 2 saturated heterocycles. The number of ether oxygens (including phenoxy) is 2. The molecule has 1 spiro atoms. The van der Waals surface area contributed by atoms with Gasteiger partial charge < -0.3 is 19.9 Å². The predicted octanol–water partition coefficient (Wildman–Crippen LogP) is 6.67. The van der Waals surface area contributed by atoms with Gasteiger partial charge in [-0.1, -0.05) is 104 Å². The lowest BCUT2D eigenvalue weighted by Gasteiger charge is -2.46. The molecule has 4 aliphatic rings. The first-order valence-corrected chi connectivity index (χ1v) is 19.5. The van der Waals surface area contributed by atoms with E-state index in [1.807, 2.05) is 95.9 Å². The van der Waals surface area contributed by atoms with Gasteiger partial charge in [-0.05, 0) is 71.3 Å². The minimum atomic E-state index is -1.64. The molecule has 10 heteroatoms. The second-order valence-corrected chi connectivity index (χ2v) is 15.1. The zero-order valence-corrected chi connectivity index (χ0v) is 31.7. The molecule has 2 amide bonds. The zero-order valence-electron chi connectivity index (χ0n) is 31.7. The van der Waals surface area contributed by atoms with Crippen LogP contribution in [0.1, 0.15) is 84.5 Å². The predicted molar refractivity (Wildman–Crippen MR) is 210 cm³/mol. The summed E-state index contributed by atoms with van der Waals surface area (Å²) in [7, 11) is 2.89. The number of morpholine rings is 1. The maximum atomic E-state index is 15.3. The highest BCUT2D eigenvalue weighted by Crippen LogP contribution is 2.65. The number of aliphatic hydroxyl groups excluding tert-OH is 1. The molecule has 1 aliphatic carbocycles. The van der Waals surface area contributed by atoms with Crippen LogP contribution in [0.2, 0.25) is 0 Å². The van der Waals surface area contributed by atoms with Gasteiger partial charge in [-0.25, -0.2) is 5.06 Å². The monoisotopic (exact) mass is 753 g/mol. The van der Waals surface area contributed by atoms with Crippen molar-refractivity contribution in [2.24, 2.45) is 11.8 Å². The van der Waals surface area contributed by atoms with E-state index in [-0.39, 0.29) is 13.2 Å². The number of esters is 1. The average Bonchev–Trinajstić information content (AvgIpc) is 3.72. The smallest absolute Gasteiger partial charge is 0.324 e. The summed E-state index contributed by atoms with van der Waals surface area (Å²) in [5.41, 5.74) is 2.56. The number of nitrogens with one attached hydrogen (secondary N) is 1. The Balaban J connectivity index is 1.37. The maximum Gasteiger partial charge on any atom is 0.324 e. The van der Waals surface area contributed by atoms with Gasteiger partial charge in [0.2, 0.25) is 5.91 Å². The number of hydrogen-bond donors (Lipinski definition) is 2. The molecule has 4 aromatic carbocycles. The van der Waals surface area contributed by atoms with Gasteiger partial charge >= 0.3 is 5.97 Å². The molecule has 10 nitrogen and oxygen atoms in total. The molecule has 56 heavy (non-hydrogen) atoms. The normalized spacial score (nSPS) is 25.7. The topological polar surface area (TPSA) is 118 Å². The number of amides is 2. The van der Waals surface area contributed by atoms with Crippen LogP contribution in [0.25, 0.3) is 0 Å². The zero-order chi connectivity index (χ0) is 38.8. The number of hydrogen-bond acceptors (Lipinski definition) is 8. The van der Waals surface area contributed by atoms with Gasteiger partial charge in [0, 0.05) is 24.7 Å². The summed E-state index contributed by atoms with van der Waals surface area (Å²) in [4.78, 5) is 52.7. The summed E-state index contributed by atoms with van der Waals surface area (Å²) >= 11 is 0. The van der Waals surface area contributed by atoms with Gasteiger partial charge in [-0.2, -0.15) is 0 Å². The summed E-state index contributed by atoms with van der Waals surface area (Å²) in [5.74, 6) is 5.09. The molecule has 0 bridgehead atoms.